The van der Waals surface area contributed by atoms with Crippen molar-refractivity contribution in [1.29, 1.82) is 0 Å². The number of methoxy groups -OCH3 is 1. The van der Waals surface area contributed by atoms with E-state index in [4.69, 9.17) is 4.74 Å². The fourth-order valence-corrected chi connectivity index (χ4v) is 2.85. The first kappa shape index (κ1) is 12.9. The van der Waals surface area contributed by atoms with Crippen LogP contribution in [0.5, 0.6) is 5.75 Å². The Morgan fingerprint density at radius 3 is 2.56 bits per heavy atom. The number of rotatable bonds is 2. The molecule has 0 aliphatic heterocycles. The van der Waals surface area contributed by atoms with E-state index in [2.05, 4.69) is 0 Å². The van der Waals surface area contributed by atoms with Gasteiger partial charge in [-0.3, -0.25) is 0 Å². The van der Waals surface area contributed by atoms with Gasteiger partial charge in [-0.25, -0.2) is 4.79 Å². The van der Waals surface area contributed by atoms with Gasteiger partial charge in [-0.15, -0.1) is 0 Å². The third-order valence-corrected chi connectivity index (χ3v) is 3.73. The molecule has 0 heterocycles. The molecule has 1 fully saturated rings. The molecule has 1 aliphatic rings. The summed E-state index contributed by atoms with van der Waals surface area (Å²) in [4.78, 5) is 11.8. The lowest BCUT2D eigenvalue weighted by molar-refractivity contribution is 0.0595. The molecular formula is C15H20O3. The van der Waals surface area contributed by atoms with Crippen molar-refractivity contribution in [2.24, 2.45) is 0 Å². The molecule has 1 N–H and O–H groups in total. The first-order valence-corrected chi connectivity index (χ1v) is 6.55. The van der Waals surface area contributed by atoms with Crippen LogP contribution in [0.25, 0.3) is 0 Å². The highest BCUT2D eigenvalue weighted by Crippen LogP contribution is 2.38. The van der Waals surface area contributed by atoms with Gasteiger partial charge in [0.1, 0.15) is 11.3 Å². The number of ether oxygens (including phenoxy) is 1. The third-order valence-electron chi connectivity index (χ3n) is 3.73. The van der Waals surface area contributed by atoms with Crippen molar-refractivity contribution in [2.75, 3.05) is 7.11 Å². The summed E-state index contributed by atoms with van der Waals surface area (Å²) in [5.74, 6) is -0.0193. The number of carbonyl (C=O) groups excluding carboxylic acids is 1. The van der Waals surface area contributed by atoms with E-state index in [1.165, 1.54) is 26.4 Å². The van der Waals surface area contributed by atoms with Gasteiger partial charge in [-0.1, -0.05) is 25.3 Å². The molecule has 3 nitrogen and oxygen atoms in total. The van der Waals surface area contributed by atoms with Gasteiger partial charge in [0.15, 0.2) is 0 Å². The van der Waals surface area contributed by atoms with Gasteiger partial charge in [0.05, 0.1) is 7.11 Å². The van der Waals surface area contributed by atoms with E-state index in [1.54, 1.807) is 6.07 Å². The van der Waals surface area contributed by atoms with Gasteiger partial charge in [-0.2, -0.15) is 0 Å². The number of benzene rings is 1. The first-order chi connectivity index (χ1) is 8.63. The number of aromatic hydroxyl groups is 1. The van der Waals surface area contributed by atoms with Crippen molar-refractivity contribution in [2.45, 2.75) is 44.9 Å². The largest absolute Gasteiger partial charge is 0.507 e. The number of hydrogen-bond donors (Lipinski definition) is 1. The number of carbonyl (C=O) groups is 1. The second kappa shape index (κ2) is 5.42. The summed E-state index contributed by atoms with van der Waals surface area (Å²) >= 11 is 0. The molecule has 0 spiro atoms. The topological polar surface area (TPSA) is 46.5 Å². The lowest BCUT2D eigenvalue weighted by Gasteiger charge is -2.24. The van der Waals surface area contributed by atoms with Crippen molar-refractivity contribution < 1.29 is 14.6 Å². The predicted molar refractivity (Wildman–Crippen MR) is 70.0 cm³/mol. The fourth-order valence-electron chi connectivity index (χ4n) is 2.85. The molecule has 1 aromatic rings. The van der Waals surface area contributed by atoms with Crippen LogP contribution in [0.15, 0.2) is 12.1 Å². The Balaban J connectivity index is 2.45. The standard InChI is InChI=1S/C15H20O3/c1-10-8-12(11-6-4-3-5-7-11)14(13(16)9-10)15(17)18-2/h8-9,11,16H,3-7H2,1-2H3. The normalized spacial score (nSPS) is 16.6. The molecule has 3 heteroatoms. The Bertz CT molecular complexity index is 445. The molecular weight excluding hydrogens is 228 g/mol. The Morgan fingerprint density at radius 2 is 1.94 bits per heavy atom. The van der Waals surface area contributed by atoms with Gasteiger partial charge in [-0.05, 0) is 42.9 Å². The highest BCUT2D eigenvalue weighted by Gasteiger charge is 2.25. The molecule has 2 rings (SSSR count). The second-order valence-corrected chi connectivity index (χ2v) is 5.07. The fraction of sp³-hybridized carbons (Fsp3) is 0.533. The van der Waals surface area contributed by atoms with E-state index in [0.717, 1.165) is 24.0 Å². The number of hydrogen-bond acceptors (Lipinski definition) is 3. The highest BCUT2D eigenvalue weighted by molar-refractivity contribution is 5.94. The summed E-state index contributed by atoms with van der Waals surface area (Å²) in [6.45, 7) is 1.94. The molecule has 0 saturated heterocycles. The summed E-state index contributed by atoms with van der Waals surface area (Å²) < 4.78 is 4.79. The van der Waals surface area contributed by atoms with Gasteiger partial charge in [0.2, 0.25) is 0 Å². The van der Waals surface area contributed by atoms with E-state index in [1.807, 2.05) is 13.0 Å². The van der Waals surface area contributed by atoms with Crippen LogP contribution < -0.4 is 0 Å². The van der Waals surface area contributed by atoms with Gasteiger partial charge >= 0.3 is 5.97 Å². The molecule has 0 atom stereocenters. The Morgan fingerprint density at radius 1 is 1.28 bits per heavy atom. The van der Waals surface area contributed by atoms with Crippen molar-refractivity contribution in [3.8, 4) is 5.75 Å². The average molecular weight is 248 g/mol. The summed E-state index contributed by atoms with van der Waals surface area (Å²) in [6, 6.07) is 3.64. The van der Waals surface area contributed by atoms with E-state index in [9.17, 15) is 9.90 Å². The Hall–Kier alpha value is -1.51. The number of aryl methyl sites for hydroxylation is 1. The maximum absolute atomic E-state index is 11.8. The number of phenolic OH excluding ortho intramolecular Hbond substituents is 1. The maximum Gasteiger partial charge on any atom is 0.341 e. The van der Waals surface area contributed by atoms with Crippen molar-refractivity contribution in [3.63, 3.8) is 0 Å². The average Bonchev–Trinajstić information content (AvgIpc) is 2.38. The molecule has 0 bridgehead atoms. The minimum absolute atomic E-state index is 0.0439. The Kier molecular flexibility index (Phi) is 3.90. The maximum atomic E-state index is 11.8. The first-order valence-electron chi connectivity index (χ1n) is 6.55. The summed E-state index contributed by atoms with van der Waals surface area (Å²) in [6.07, 6.45) is 5.83. The third kappa shape index (κ3) is 2.50. The number of esters is 1. The van der Waals surface area contributed by atoms with Gasteiger partial charge < -0.3 is 9.84 Å². The zero-order valence-corrected chi connectivity index (χ0v) is 11.0. The van der Waals surface area contributed by atoms with Crippen LogP contribution in [0.3, 0.4) is 0 Å². The van der Waals surface area contributed by atoms with E-state index in [0.29, 0.717) is 11.5 Å². The van der Waals surface area contributed by atoms with Crippen LogP contribution >= 0.6 is 0 Å². The Labute approximate surface area is 108 Å². The molecule has 18 heavy (non-hydrogen) atoms. The molecule has 1 aromatic carbocycles. The van der Waals surface area contributed by atoms with E-state index >= 15 is 0 Å². The predicted octanol–water partition coefficient (Wildman–Crippen LogP) is 3.53. The van der Waals surface area contributed by atoms with Crippen LogP contribution in [-0.2, 0) is 4.74 Å². The van der Waals surface area contributed by atoms with Gasteiger partial charge in [0.25, 0.3) is 0 Å². The summed E-state index contributed by atoms with van der Waals surface area (Å²) in [7, 11) is 1.35. The lowest BCUT2D eigenvalue weighted by atomic mass is 9.81. The minimum atomic E-state index is -0.437. The quantitative estimate of drug-likeness (QED) is 0.814. The lowest BCUT2D eigenvalue weighted by Crippen LogP contribution is -2.12. The van der Waals surface area contributed by atoms with Crippen molar-refractivity contribution in [3.05, 3.63) is 28.8 Å². The second-order valence-electron chi connectivity index (χ2n) is 5.07. The van der Waals surface area contributed by atoms with Crippen molar-refractivity contribution >= 4 is 5.97 Å². The summed E-state index contributed by atoms with van der Waals surface area (Å²) in [5, 5.41) is 10.0. The minimum Gasteiger partial charge on any atom is -0.507 e. The smallest absolute Gasteiger partial charge is 0.341 e. The molecule has 0 unspecified atom stereocenters. The van der Waals surface area contributed by atoms with Crippen LogP contribution in [0, 0.1) is 6.92 Å². The van der Waals surface area contributed by atoms with Crippen LogP contribution in [0.4, 0.5) is 0 Å². The van der Waals surface area contributed by atoms with Crippen LogP contribution in [-0.4, -0.2) is 18.2 Å². The molecule has 0 radical (unpaired) electrons. The van der Waals surface area contributed by atoms with Crippen LogP contribution in [0.2, 0.25) is 0 Å². The SMILES string of the molecule is COC(=O)c1c(O)cc(C)cc1C1CCCCC1. The zero-order chi connectivity index (χ0) is 13.1. The summed E-state index contributed by atoms with van der Waals surface area (Å²) in [5.41, 5.74) is 2.30. The number of phenols is 1. The zero-order valence-electron chi connectivity index (χ0n) is 11.0. The molecule has 1 saturated carbocycles. The van der Waals surface area contributed by atoms with E-state index < -0.39 is 5.97 Å². The van der Waals surface area contributed by atoms with Gasteiger partial charge in [0, 0.05) is 0 Å². The molecule has 0 aromatic heterocycles. The van der Waals surface area contributed by atoms with Crippen LogP contribution in [0.1, 0.15) is 59.5 Å². The van der Waals surface area contributed by atoms with Crippen molar-refractivity contribution in [1.82, 2.24) is 0 Å². The molecule has 98 valence electrons. The molecule has 0 amide bonds. The monoisotopic (exact) mass is 248 g/mol. The highest BCUT2D eigenvalue weighted by atomic mass is 16.5. The van der Waals surface area contributed by atoms with E-state index in [-0.39, 0.29) is 5.75 Å². The molecule has 1 aliphatic carbocycles.